The lowest BCUT2D eigenvalue weighted by Crippen LogP contribution is -2.41. The zero-order valence-electron chi connectivity index (χ0n) is 14.5. The van der Waals surface area contributed by atoms with E-state index in [1.165, 1.54) is 6.26 Å². The van der Waals surface area contributed by atoms with Crippen LogP contribution >= 0.6 is 0 Å². The average molecular weight is 344 g/mol. The number of hydrogen-bond donors (Lipinski definition) is 3. The van der Waals surface area contributed by atoms with Gasteiger partial charge in [0, 0.05) is 19.6 Å². The average Bonchev–Trinajstić information content (AvgIpc) is 3.18. The summed E-state index contributed by atoms with van der Waals surface area (Å²) in [5.74, 6) is 1.60. The van der Waals surface area contributed by atoms with Crippen molar-refractivity contribution < 1.29 is 13.9 Å². The summed E-state index contributed by atoms with van der Waals surface area (Å²) in [5.41, 5.74) is 1.09. The molecule has 1 aromatic heterocycles. The second kappa shape index (κ2) is 10.0. The van der Waals surface area contributed by atoms with Crippen LogP contribution in [0, 0.1) is 0 Å². The van der Waals surface area contributed by atoms with Crippen molar-refractivity contribution in [1.82, 2.24) is 16.0 Å². The van der Waals surface area contributed by atoms with Gasteiger partial charge in [0.15, 0.2) is 11.7 Å². The molecule has 0 spiro atoms. The third-order valence-electron chi connectivity index (χ3n) is 3.37. The zero-order chi connectivity index (χ0) is 17.9. The van der Waals surface area contributed by atoms with Crippen molar-refractivity contribution in [2.75, 3.05) is 26.7 Å². The molecule has 2 aromatic rings. The highest BCUT2D eigenvalue weighted by Crippen LogP contribution is 2.11. The summed E-state index contributed by atoms with van der Waals surface area (Å²) in [6.07, 6.45) is 1.47. The van der Waals surface area contributed by atoms with Crippen molar-refractivity contribution in [3.63, 3.8) is 0 Å². The smallest absolute Gasteiger partial charge is 0.287 e. The van der Waals surface area contributed by atoms with Crippen LogP contribution in [0.5, 0.6) is 5.75 Å². The quantitative estimate of drug-likeness (QED) is 0.386. The molecule has 3 N–H and O–H groups in total. The zero-order valence-corrected chi connectivity index (χ0v) is 14.5. The lowest BCUT2D eigenvalue weighted by atomic mass is 10.2. The summed E-state index contributed by atoms with van der Waals surface area (Å²) < 4.78 is 10.2. The molecule has 0 saturated heterocycles. The summed E-state index contributed by atoms with van der Waals surface area (Å²) in [7, 11) is 1.64. The molecule has 7 nitrogen and oxygen atoms in total. The molecule has 134 valence electrons. The number of carbonyl (C=O) groups is 1. The number of furan rings is 1. The van der Waals surface area contributed by atoms with Gasteiger partial charge in [-0.1, -0.05) is 12.1 Å². The third kappa shape index (κ3) is 6.21. The Balaban J connectivity index is 1.77. The first-order chi connectivity index (χ1) is 12.2. The molecule has 1 amide bonds. The number of benzene rings is 1. The van der Waals surface area contributed by atoms with E-state index in [0.29, 0.717) is 31.4 Å². The van der Waals surface area contributed by atoms with Crippen LogP contribution in [-0.2, 0) is 6.54 Å². The van der Waals surface area contributed by atoms with Crippen LogP contribution < -0.4 is 20.7 Å². The second-order valence-corrected chi connectivity index (χ2v) is 5.20. The van der Waals surface area contributed by atoms with Gasteiger partial charge < -0.3 is 25.1 Å². The van der Waals surface area contributed by atoms with Gasteiger partial charge in [-0.3, -0.25) is 4.79 Å². The van der Waals surface area contributed by atoms with Gasteiger partial charge in [-0.2, -0.15) is 0 Å². The molecular formula is C18H24N4O3. The van der Waals surface area contributed by atoms with Gasteiger partial charge >= 0.3 is 0 Å². The Labute approximate surface area is 147 Å². The minimum Gasteiger partial charge on any atom is -0.497 e. The van der Waals surface area contributed by atoms with E-state index in [9.17, 15) is 4.79 Å². The molecule has 7 heteroatoms. The number of methoxy groups -OCH3 is 1. The molecule has 25 heavy (non-hydrogen) atoms. The Kier molecular flexibility index (Phi) is 7.37. The molecule has 1 aromatic carbocycles. The number of guanidine groups is 1. The number of ether oxygens (including phenoxy) is 1. The van der Waals surface area contributed by atoms with E-state index >= 15 is 0 Å². The minimum atomic E-state index is -0.230. The molecule has 0 aliphatic carbocycles. The van der Waals surface area contributed by atoms with Gasteiger partial charge in [-0.05, 0) is 36.8 Å². The minimum absolute atomic E-state index is 0.230. The molecule has 0 aliphatic rings. The van der Waals surface area contributed by atoms with Crippen LogP contribution in [0.15, 0.2) is 52.1 Å². The van der Waals surface area contributed by atoms with E-state index in [1.807, 2.05) is 31.2 Å². The Bertz CT molecular complexity index is 666. The summed E-state index contributed by atoms with van der Waals surface area (Å²) in [6.45, 7) is 4.34. The standard InChI is InChI=1S/C18H24N4O3/c1-3-19-18(22-13-14-6-8-15(24-2)9-7-14)21-11-10-20-17(23)16-5-4-12-25-16/h4-9,12H,3,10-11,13H2,1-2H3,(H,20,23)(H2,19,21,22). The Morgan fingerprint density at radius 2 is 1.88 bits per heavy atom. The second-order valence-electron chi connectivity index (χ2n) is 5.20. The number of amides is 1. The lowest BCUT2D eigenvalue weighted by molar-refractivity contribution is 0.0926. The van der Waals surface area contributed by atoms with E-state index in [0.717, 1.165) is 17.9 Å². The molecule has 1 heterocycles. The molecule has 0 bridgehead atoms. The summed E-state index contributed by atoms with van der Waals surface area (Å²) in [5, 5.41) is 9.13. The first-order valence-corrected chi connectivity index (χ1v) is 8.19. The fraction of sp³-hybridized carbons (Fsp3) is 0.333. The molecule has 0 aliphatic heterocycles. The van der Waals surface area contributed by atoms with Crippen LogP contribution in [0.25, 0.3) is 0 Å². The molecule has 0 fully saturated rings. The fourth-order valence-corrected chi connectivity index (χ4v) is 2.09. The maximum absolute atomic E-state index is 11.8. The van der Waals surface area contributed by atoms with Crippen LogP contribution in [0.4, 0.5) is 0 Å². The predicted octanol–water partition coefficient (Wildman–Crippen LogP) is 1.77. The predicted molar refractivity (Wildman–Crippen MR) is 96.9 cm³/mol. The van der Waals surface area contributed by atoms with Gasteiger partial charge in [0.1, 0.15) is 5.75 Å². The van der Waals surface area contributed by atoms with E-state index in [4.69, 9.17) is 9.15 Å². The van der Waals surface area contributed by atoms with E-state index in [2.05, 4.69) is 20.9 Å². The van der Waals surface area contributed by atoms with Crippen LogP contribution in [0.2, 0.25) is 0 Å². The van der Waals surface area contributed by atoms with E-state index < -0.39 is 0 Å². The number of carbonyl (C=O) groups excluding carboxylic acids is 1. The number of nitrogens with one attached hydrogen (secondary N) is 3. The van der Waals surface area contributed by atoms with Gasteiger partial charge in [0.05, 0.1) is 19.9 Å². The Morgan fingerprint density at radius 1 is 1.12 bits per heavy atom. The van der Waals surface area contributed by atoms with Gasteiger partial charge in [-0.25, -0.2) is 4.99 Å². The van der Waals surface area contributed by atoms with Crippen LogP contribution in [0.1, 0.15) is 23.0 Å². The first-order valence-electron chi connectivity index (χ1n) is 8.19. The van der Waals surface area contributed by atoms with E-state index in [1.54, 1.807) is 19.2 Å². The molecule has 0 unspecified atom stereocenters. The number of nitrogens with zero attached hydrogens (tertiary/aromatic N) is 1. The Morgan fingerprint density at radius 3 is 2.52 bits per heavy atom. The van der Waals surface area contributed by atoms with Crippen LogP contribution in [0.3, 0.4) is 0 Å². The van der Waals surface area contributed by atoms with E-state index in [-0.39, 0.29) is 5.91 Å². The molecule has 2 rings (SSSR count). The van der Waals surface area contributed by atoms with Crippen molar-refractivity contribution in [2.45, 2.75) is 13.5 Å². The van der Waals surface area contributed by atoms with Crippen molar-refractivity contribution in [3.05, 3.63) is 54.0 Å². The normalized spacial score (nSPS) is 11.0. The number of aliphatic imine (C=N–C) groups is 1. The monoisotopic (exact) mass is 344 g/mol. The largest absolute Gasteiger partial charge is 0.497 e. The SMILES string of the molecule is CCNC(=NCc1ccc(OC)cc1)NCCNC(=O)c1ccco1. The van der Waals surface area contributed by atoms with Crippen molar-refractivity contribution >= 4 is 11.9 Å². The van der Waals surface area contributed by atoms with Crippen LogP contribution in [-0.4, -0.2) is 38.6 Å². The topological polar surface area (TPSA) is 87.9 Å². The molecule has 0 radical (unpaired) electrons. The highest BCUT2D eigenvalue weighted by Gasteiger charge is 2.06. The maximum Gasteiger partial charge on any atom is 0.287 e. The Hall–Kier alpha value is -2.96. The fourth-order valence-electron chi connectivity index (χ4n) is 2.09. The maximum atomic E-state index is 11.8. The third-order valence-corrected chi connectivity index (χ3v) is 3.37. The number of hydrogen-bond acceptors (Lipinski definition) is 4. The van der Waals surface area contributed by atoms with Crippen molar-refractivity contribution in [2.24, 2.45) is 4.99 Å². The molecule has 0 saturated carbocycles. The van der Waals surface area contributed by atoms with Gasteiger partial charge in [0.2, 0.25) is 0 Å². The highest BCUT2D eigenvalue weighted by molar-refractivity contribution is 5.91. The van der Waals surface area contributed by atoms with Gasteiger partial charge in [-0.15, -0.1) is 0 Å². The first kappa shape index (κ1) is 18.4. The summed E-state index contributed by atoms with van der Waals surface area (Å²) >= 11 is 0. The lowest BCUT2D eigenvalue weighted by Gasteiger charge is -2.11. The molecule has 0 atom stereocenters. The van der Waals surface area contributed by atoms with Crippen molar-refractivity contribution in [1.29, 1.82) is 0 Å². The van der Waals surface area contributed by atoms with Gasteiger partial charge in [0.25, 0.3) is 5.91 Å². The summed E-state index contributed by atoms with van der Waals surface area (Å²) in [6, 6.07) is 11.1. The molecular weight excluding hydrogens is 320 g/mol. The summed E-state index contributed by atoms with van der Waals surface area (Å²) in [4.78, 5) is 16.3. The number of rotatable bonds is 8. The van der Waals surface area contributed by atoms with Crippen molar-refractivity contribution in [3.8, 4) is 5.75 Å². The highest BCUT2D eigenvalue weighted by atomic mass is 16.5.